The highest BCUT2D eigenvalue weighted by Gasteiger charge is 2.54. The second kappa shape index (κ2) is 7.72. The largest absolute Gasteiger partial charge is 0.455 e. The molecule has 0 radical (unpaired) electrons. The Morgan fingerprint density at radius 1 is 0.968 bits per heavy atom. The van der Waals surface area contributed by atoms with Gasteiger partial charge in [0.25, 0.3) is 0 Å². The Bertz CT molecular complexity index is 1230. The summed E-state index contributed by atoms with van der Waals surface area (Å²) in [4.78, 5) is 13.2. The van der Waals surface area contributed by atoms with E-state index in [9.17, 15) is 9.18 Å². The molecule has 1 aromatic heterocycles. The van der Waals surface area contributed by atoms with E-state index in [0.29, 0.717) is 47.0 Å². The lowest BCUT2D eigenvalue weighted by atomic mass is 10.00. The molecule has 1 fully saturated rings. The minimum absolute atomic E-state index is 0.190. The van der Waals surface area contributed by atoms with E-state index in [1.165, 1.54) is 6.07 Å². The van der Waals surface area contributed by atoms with Gasteiger partial charge in [0.1, 0.15) is 11.6 Å². The molecule has 1 N–H and O–H groups in total. The summed E-state index contributed by atoms with van der Waals surface area (Å²) in [6.07, 6.45) is 1.29. The maximum Gasteiger partial charge on any atom is 0.236 e. The smallest absolute Gasteiger partial charge is 0.236 e. The standard InChI is InChI=1S/C25H19FN2O3/c26-19-11-5-4-10-18(19)22-16-23(28-31-22)25(14-15-25)24(29)27-20-12-6-7-13-21(20)30-17-8-2-1-3-9-17/h1-13,16H,14-15H2,(H,27,29). The van der Waals surface area contributed by atoms with Crippen molar-refractivity contribution in [1.29, 1.82) is 0 Å². The van der Waals surface area contributed by atoms with Crippen molar-refractivity contribution in [2.75, 3.05) is 5.32 Å². The minimum atomic E-state index is -0.785. The molecular formula is C25H19FN2O3. The van der Waals surface area contributed by atoms with Crippen LogP contribution in [0, 0.1) is 5.82 Å². The lowest BCUT2D eigenvalue weighted by Crippen LogP contribution is -2.28. The van der Waals surface area contributed by atoms with E-state index in [1.807, 2.05) is 42.5 Å². The second-order valence-electron chi connectivity index (χ2n) is 7.50. The summed E-state index contributed by atoms with van der Waals surface area (Å²) in [5.41, 5.74) is 0.608. The Kier molecular flexibility index (Phi) is 4.75. The Morgan fingerprint density at radius 2 is 1.68 bits per heavy atom. The predicted molar refractivity (Wildman–Crippen MR) is 114 cm³/mol. The SMILES string of the molecule is O=C(Nc1ccccc1Oc1ccccc1)C1(c2cc(-c3ccccc3F)on2)CC1. The number of para-hydroxylation sites is 3. The van der Waals surface area contributed by atoms with Crippen LogP contribution < -0.4 is 10.1 Å². The molecule has 1 aliphatic carbocycles. The normalized spacial score (nSPS) is 14.1. The van der Waals surface area contributed by atoms with Crippen molar-refractivity contribution in [1.82, 2.24) is 5.16 Å². The molecule has 0 aliphatic heterocycles. The third kappa shape index (κ3) is 3.68. The molecule has 5 rings (SSSR count). The molecule has 0 saturated heterocycles. The number of rotatable bonds is 6. The highest BCUT2D eigenvalue weighted by molar-refractivity contribution is 6.02. The van der Waals surface area contributed by atoms with Crippen molar-refractivity contribution in [3.8, 4) is 22.8 Å². The van der Waals surface area contributed by atoms with Crippen molar-refractivity contribution in [2.24, 2.45) is 0 Å². The summed E-state index contributed by atoms with van der Waals surface area (Å²) < 4.78 is 25.4. The van der Waals surface area contributed by atoms with E-state index in [4.69, 9.17) is 9.26 Å². The van der Waals surface area contributed by atoms with E-state index in [2.05, 4.69) is 10.5 Å². The van der Waals surface area contributed by atoms with E-state index in [1.54, 1.807) is 36.4 Å². The van der Waals surface area contributed by atoms with Crippen LogP contribution in [0.5, 0.6) is 11.5 Å². The Balaban J connectivity index is 1.38. The maximum atomic E-state index is 14.1. The zero-order valence-corrected chi connectivity index (χ0v) is 16.5. The van der Waals surface area contributed by atoms with Crippen LogP contribution in [0.3, 0.4) is 0 Å². The van der Waals surface area contributed by atoms with Crippen LogP contribution in [0.2, 0.25) is 0 Å². The summed E-state index contributed by atoms with van der Waals surface area (Å²) in [6.45, 7) is 0. The third-order valence-corrected chi connectivity index (χ3v) is 5.43. The molecule has 0 bridgehead atoms. The number of hydrogen-bond donors (Lipinski definition) is 1. The maximum absolute atomic E-state index is 14.1. The van der Waals surface area contributed by atoms with Gasteiger partial charge >= 0.3 is 0 Å². The van der Waals surface area contributed by atoms with E-state index in [-0.39, 0.29) is 5.91 Å². The van der Waals surface area contributed by atoms with Crippen molar-refractivity contribution in [3.63, 3.8) is 0 Å². The van der Waals surface area contributed by atoms with Crippen LogP contribution in [0.15, 0.2) is 89.5 Å². The summed E-state index contributed by atoms with van der Waals surface area (Å²) in [7, 11) is 0. The topological polar surface area (TPSA) is 64.4 Å². The minimum Gasteiger partial charge on any atom is -0.455 e. The quantitative estimate of drug-likeness (QED) is 0.424. The van der Waals surface area contributed by atoms with Crippen LogP contribution in [0.1, 0.15) is 18.5 Å². The van der Waals surface area contributed by atoms with Gasteiger partial charge in [0.2, 0.25) is 5.91 Å². The van der Waals surface area contributed by atoms with Crippen molar-refractivity contribution in [2.45, 2.75) is 18.3 Å². The van der Waals surface area contributed by atoms with E-state index >= 15 is 0 Å². The molecule has 6 heteroatoms. The van der Waals surface area contributed by atoms with Gasteiger partial charge in [-0.05, 0) is 49.2 Å². The van der Waals surface area contributed by atoms with Gasteiger partial charge in [-0.1, -0.05) is 47.6 Å². The van der Waals surface area contributed by atoms with Crippen LogP contribution >= 0.6 is 0 Å². The predicted octanol–water partition coefficient (Wildman–Crippen LogP) is 5.94. The number of nitrogens with one attached hydrogen (secondary N) is 1. The Morgan fingerprint density at radius 3 is 2.45 bits per heavy atom. The number of anilines is 1. The lowest BCUT2D eigenvalue weighted by molar-refractivity contribution is -0.118. The van der Waals surface area contributed by atoms with E-state index in [0.717, 1.165) is 0 Å². The van der Waals surface area contributed by atoms with Gasteiger partial charge in [-0.3, -0.25) is 4.79 Å². The fourth-order valence-corrected chi connectivity index (χ4v) is 3.53. The number of carbonyl (C=O) groups excluding carboxylic acids is 1. The van der Waals surface area contributed by atoms with Gasteiger partial charge in [-0.25, -0.2) is 4.39 Å². The molecular weight excluding hydrogens is 395 g/mol. The Labute approximate surface area is 178 Å². The average Bonchev–Trinajstić information content (AvgIpc) is 3.46. The van der Waals surface area contributed by atoms with Gasteiger partial charge < -0.3 is 14.6 Å². The molecule has 3 aromatic carbocycles. The van der Waals surface area contributed by atoms with Crippen molar-refractivity contribution < 1.29 is 18.4 Å². The molecule has 1 aliphatic rings. The van der Waals surface area contributed by atoms with Crippen LogP contribution in [-0.2, 0) is 10.2 Å². The molecule has 31 heavy (non-hydrogen) atoms. The van der Waals surface area contributed by atoms with E-state index < -0.39 is 11.2 Å². The number of nitrogens with zero attached hydrogens (tertiary/aromatic N) is 1. The first-order valence-corrected chi connectivity index (χ1v) is 10.0. The first-order valence-electron chi connectivity index (χ1n) is 10.0. The lowest BCUT2D eigenvalue weighted by Gasteiger charge is -2.15. The number of carbonyl (C=O) groups is 1. The summed E-state index contributed by atoms with van der Waals surface area (Å²) in [5.74, 6) is 0.942. The molecule has 154 valence electrons. The molecule has 0 atom stereocenters. The van der Waals surface area contributed by atoms with Gasteiger partial charge in [0.05, 0.1) is 22.4 Å². The van der Waals surface area contributed by atoms with Crippen LogP contribution in [0.4, 0.5) is 10.1 Å². The zero-order chi connectivity index (χ0) is 21.3. The van der Waals surface area contributed by atoms with Crippen LogP contribution in [-0.4, -0.2) is 11.1 Å². The molecule has 0 spiro atoms. The van der Waals surface area contributed by atoms with Gasteiger partial charge in [0.15, 0.2) is 11.5 Å². The molecule has 1 heterocycles. The number of halogens is 1. The highest BCUT2D eigenvalue weighted by Crippen LogP contribution is 2.49. The first kappa shape index (κ1) is 19.1. The number of aromatic nitrogens is 1. The first-order chi connectivity index (χ1) is 15.2. The summed E-state index contributed by atoms with van der Waals surface area (Å²) in [6, 6.07) is 24.6. The van der Waals surface area contributed by atoms with Gasteiger partial charge in [-0.15, -0.1) is 0 Å². The third-order valence-electron chi connectivity index (χ3n) is 5.43. The molecule has 5 nitrogen and oxygen atoms in total. The van der Waals surface area contributed by atoms with Gasteiger partial charge in [-0.2, -0.15) is 0 Å². The summed E-state index contributed by atoms with van der Waals surface area (Å²) in [5, 5.41) is 7.06. The Hall–Kier alpha value is -3.93. The fourth-order valence-electron chi connectivity index (χ4n) is 3.53. The number of ether oxygens (including phenoxy) is 1. The number of hydrogen-bond acceptors (Lipinski definition) is 4. The average molecular weight is 414 g/mol. The van der Waals surface area contributed by atoms with Crippen molar-refractivity contribution >= 4 is 11.6 Å². The molecule has 4 aromatic rings. The summed E-state index contributed by atoms with van der Waals surface area (Å²) >= 11 is 0. The second-order valence-corrected chi connectivity index (χ2v) is 7.50. The van der Waals surface area contributed by atoms with Crippen LogP contribution in [0.25, 0.3) is 11.3 Å². The van der Waals surface area contributed by atoms with Gasteiger partial charge in [0, 0.05) is 6.07 Å². The fraction of sp³-hybridized carbons (Fsp3) is 0.120. The number of benzene rings is 3. The molecule has 1 saturated carbocycles. The molecule has 0 unspecified atom stereocenters. The monoisotopic (exact) mass is 414 g/mol. The highest BCUT2D eigenvalue weighted by atomic mass is 19.1. The molecule has 1 amide bonds. The zero-order valence-electron chi connectivity index (χ0n) is 16.5. The van der Waals surface area contributed by atoms with Crippen molar-refractivity contribution in [3.05, 3.63) is 96.4 Å². The number of amides is 1.